The number of hydrogen-bond acceptors (Lipinski definition) is 5. The van der Waals surface area contributed by atoms with Crippen molar-refractivity contribution in [3.63, 3.8) is 0 Å². The summed E-state index contributed by atoms with van der Waals surface area (Å²) in [5.74, 6) is -0.246. The lowest BCUT2D eigenvalue weighted by molar-refractivity contribution is -0.131. The summed E-state index contributed by atoms with van der Waals surface area (Å²) in [6, 6.07) is 13.4. The number of carbonyl (C=O) groups excluding carboxylic acids is 1. The van der Waals surface area contributed by atoms with E-state index in [-0.39, 0.29) is 16.9 Å². The van der Waals surface area contributed by atoms with Crippen LogP contribution in [-0.4, -0.2) is 5.97 Å². The van der Waals surface area contributed by atoms with Gasteiger partial charge in [0.25, 0.3) is 0 Å². The molecule has 0 bridgehead atoms. The highest BCUT2D eigenvalue weighted by Crippen LogP contribution is 2.35. The Bertz CT molecular complexity index is 1060. The Morgan fingerprint density at radius 2 is 2.00 bits per heavy atom. The Morgan fingerprint density at radius 1 is 1.25 bits per heavy atom. The summed E-state index contributed by atoms with van der Waals surface area (Å²) in [5.41, 5.74) is 0.237. The number of hydrogen-bond donors (Lipinski definition) is 0. The van der Waals surface area contributed by atoms with Gasteiger partial charge in [-0.25, -0.2) is 4.79 Å². The molecule has 3 rings (SSSR count). The highest BCUT2D eigenvalue weighted by atomic mass is 35.5. The number of nitrogens with zero attached hydrogens (tertiary/aromatic N) is 1. The molecule has 6 heteroatoms. The number of esters is 1. The largest absolute Gasteiger partial charge is 0.427 e. The SMILES string of the molecule is CC(=O)Oc1ccc2c(-c3ccccc3Cl)c(C#N)c(=O)oc2c1. The van der Waals surface area contributed by atoms with Crippen LogP contribution in [0.5, 0.6) is 5.75 Å². The molecule has 0 radical (unpaired) electrons. The van der Waals surface area contributed by atoms with Crippen LogP contribution in [0.15, 0.2) is 51.7 Å². The van der Waals surface area contributed by atoms with Gasteiger partial charge >= 0.3 is 11.6 Å². The fourth-order valence-corrected chi connectivity index (χ4v) is 2.69. The Kier molecular flexibility index (Phi) is 4.07. The fourth-order valence-electron chi connectivity index (χ4n) is 2.46. The zero-order chi connectivity index (χ0) is 17.3. The first-order chi connectivity index (χ1) is 11.5. The number of benzene rings is 2. The maximum absolute atomic E-state index is 12.2. The summed E-state index contributed by atoms with van der Waals surface area (Å²) in [5, 5.41) is 10.3. The first kappa shape index (κ1) is 15.8. The van der Waals surface area contributed by atoms with Crippen LogP contribution in [0, 0.1) is 11.3 Å². The number of carbonyl (C=O) groups is 1. The van der Waals surface area contributed by atoms with Crippen LogP contribution in [0.3, 0.4) is 0 Å². The summed E-state index contributed by atoms with van der Waals surface area (Å²) >= 11 is 6.23. The van der Waals surface area contributed by atoms with Crippen LogP contribution in [0.2, 0.25) is 5.02 Å². The summed E-state index contributed by atoms with van der Waals surface area (Å²) in [6.07, 6.45) is 0. The van der Waals surface area contributed by atoms with Gasteiger partial charge in [0.1, 0.15) is 23.0 Å². The summed E-state index contributed by atoms with van der Waals surface area (Å²) in [7, 11) is 0. The molecule has 0 aliphatic carbocycles. The predicted octanol–water partition coefficient (Wildman–Crippen LogP) is 3.91. The molecule has 0 aliphatic rings. The van der Waals surface area contributed by atoms with Crippen molar-refractivity contribution in [1.82, 2.24) is 0 Å². The molecule has 1 heterocycles. The maximum atomic E-state index is 12.2. The van der Waals surface area contributed by atoms with Crippen LogP contribution in [0.4, 0.5) is 0 Å². The Labute approximate surface area is 141 Å². The molecule has 0 saturated heterocycles. The highest BCUT2D eigenvalue weighted by molar-refractivity contribution is 6.33. The lowest BCUT2D eigenvalue weighted by Crippen LogP contribution is -2.07. The van der Waals surface area contributed by atoms with Crippen molar-refractivity contribution < 1.29 is 13.9 Å². The van der Waals surface area contributed by atoms with Crippen LogP contribution < -0.4 is 10.4 Å². The quantitative estimate of drug-likeness (QED) is 0.401. The molecule has 0 fully saturated rings. The maximum Gasteiger partial charge on any atom is 0.354 e. The van der Waals surface area contributed by atoms with Crippen molar-refractivity contribution in [1.29, 1.82) is 5.26 Å². The number of rotatable bonds is 2. The van der Waals surface area contributed by atoms with Crippen molar-refractivity contribution in [3.8, 4) is 22.9 Å². The number of nitriles is 1. The molecule has 2 aromatic carbocycles. The van der Waals surface area contributed by atoms with Crippen molar-refractivity contribution in [2.45, 2.75) is 6.92 Å². The smallest absolute Gasteiger partial charge is 0.354 e. The van der Waals surface area contributed by atoms with E-state index in [4.69, 9.17) is 20.8 Å². The van der Waals surface area contributed by atoms with E-state index in [1.54, 1.807) is 36.4 Å². The third kappa shape index (κ3) is 2.75. The normalized spacial score (nSPS) is 10.4. The molecule has 0 amide bonds. The molecular formula is C18H10ClNO4. The molecule has 0 N–H and O–H groups in total. The second kappa shape index (κ2) is 6.19. The van der Waals surface area contributed by atoms with Crippen LogP contribution in [-0.2, 0) is 4.79 Å². The van der Waals surface area contributed by atoms with Gasteiger partial charge < -0.3 is 9.15 Å². The third-order valence-electron chi connectivity index (χ3n) is 3.40. The van der Waals surface area contributed by atoms with Gasteiger partial charge in [-0.3, -0.25) is 4.79 Å². The molecule has 0 spiro atoms. The van der Waals surface area contributed by atoms with Gasteiger partial charge in [0.15, 0.2) is 0 Å². The van der Waals surface area contributed by atoms with E-state index in [9.17, 15) is 14.9 Å². The van der Waals surface area contributed by atoms with Crippen molar-refractivity contribution in [2.24, 2.45) is 0 Å². The molecular weight excluding hydrogens is 330 g/mol. The molecule has 0 saturated carbocycles. The highest BCUT2D eigenvalue weighted by Gasteiger charge is 2.18. The van der Waals surface area contributed by atoms with Crippen LogP contribution in [0.1, 0.15) is 12.5 Å². The van der Waals surface area contributed by atoms with Gasteiger partial charge in [-0.05, 0) is 18.2 Å². The zero-order valence-corrected chi connectivity index (χ0v) is 13.3. The second-order valence-corrected chi connectivity index (χ2v) is 5.39. The Hall–Kier alpha value is -3.10. The Balaban J connectivity index is 2.38. The summed E-state index contributed by atoms with van der Waals surface area (Å²) in [4.78, 5) is 23.2. The first-order valence-electron chi connectivity index (χ1n) is 6.95. The molecule has 24 heavy (non-hydrogen) atoms. The standard InChI is InChI=1S/C18H10ClNO4/c1-10(21)23-11-6-7-13-16(8-11)24-18(22)14(9-20)17(13)12-4-2-3-5-15(12)19/h2-8H,1H3. The van der Waals surface area contributed by atoms with Gasteiger partial charge in [0, 0.05) is 34.5 Å². The summed E-state index contributed by atoms with van der Waals surface area (Å²) < 4.78 is 10.2. The van der Waals surface area contributed by atoms with Gasteiger partial charge in [-0.15, -0.1) is 0 Å². The predicted molar refractivity (Wildman–Crippen MR) is 89.0 cm³/mol. The van der Waals surface area contributed by atoms with Crippen molar-refractivity contribution in [2.75, 3.05) is 0 Å². The average Bonchev–Trinajstić information content (AvgIpc) is 2.53. The molecule has 5 nitrogen and oxygen atoms in total. The lowest BCUT2D eigenvalue weighted by Gasteiger charge is -2.10. The van der Waals surface area contributed by atoms with Crippen LogP contribution in [0.25, 0.3) is 22.1 Å². The molecule has 3 aromatic rings. The third-order valence-corrected chi connectivity index (χ3v) is 3.73. The monoisotopic (exact) mass is 339 g/mol. The zero-order valence-electron chi connectivity index (χ0n) is 12.5. The van der Waals surface area contributed by atoms with Crippen molar-refractivity contribution >= 4 is 28.5 Å². The Morgan fingerprint density at radius 3 is 2.67 bits per heavy atom. The summed E-state index contributed by atoms with van der Waals surface area (Å²) in [6.45, 7) is 1.27. The van der Waals surface area contributed by atoms with Gasteiger partial charge in [0.2, 0.25) is 0 Å². The molecule has 0 unspecified atom stereocenters. The van der Waals surface area contributed by atoms with E-state index in [0.717, 1.165) is 0 Å². The van der Waals surface area contributed by atoms with E-state index < -0.39 is 11.6 Å². The number of fused-ring (bicyclic) bond motifs is 1. The molecule has 1 aromatic heterocycles. The van der Waals surface area contributed by atoms with E-state index in [1.165, 1.54) is 13.0 Å². The van der Waals surface area contributed by atoms with Crippen molar-refractivity contribution in [3.05, 3.63) is 63.5 Å². The topological polar surface area (TPSA) is 80.3 Å². The van der Waals surface area contributed by atoms with Crippen LogP contribution >= 0.6 is 11.6 Å². The first-order valence-corrected chi connectivity index (χ1v) is 7.33. The number of ether oxygens (including phenoxy) is 1. The molecule has 0 aliphatic heterocycles. The average molecular weight is 340 g/mol. The molecule has 0 atom stereocenters. The second-order valence-electron chi connectivity index (χ2n) is 4.98. The lowest BCUT2D eigenvalue weighted by atomic mass is 9.97. The van der Waals surface area contributed by atoms with Gasteiger partial charge in [-0.1, -0.05) is 29.8 Å². The van der Waals surface area contributed by atoms with E-state index in [2.05, 4.69) is 0 Å². The molecule has 118 valence electrons. The van der Waals surface area contributed by atoms with E-state index >= 15 is 0 Å². The fraction of sp³-hybridized carbons (Fsp3) is 0.0556. The van der Waals surface area contributed by atoms with E-state index in [0.29, 0.717) is 21.5 Å². The van der Waals surface area contributed by atoms with Gasteiger partial charge in [0.05, 0.1) is 0 Å². The van der Waals surface area contributed by atoms with E-state index in [1.807, 2.05) is 6.07 Å². The minimum absolute atomic E-state index is 0.129. The minimum atomic E-state index is -0.778. The minimum Gasteiger partial charge on any atom is -0.427 e. The number of halogens is 1. The van der Waals surface area contributed by atoms with Gasteiger partial charge in [-0.2, -0.15) is 5.26 Å².